The second-order valence-corrected chi connectivity index (χ2v) is 13.6. The zero-order chi connectivity index (χ0) is 37.7. The molecule has 2 aliphatic rings. The molecule has 1 fully saturated rings. The van der Waals surface area contributed by atoms with Gasteiger partial charge in [-0.25, -0.2) is 4.98 Å². The van der Waals surface area contributed by atoms with Gasteiger partial charge in [0.25, 0.3) is 0 Å². The third-order valence-corrected chi connectivity index (χ3v) is 9.71. The summed E-state index contributed by atoms with van der Waals surface area (Å²) in [5.41, 5.74) is 4.09. The zero-order valence-corrected chi connectivity index (χ0v) is 30.4. The van der Waals surface area contributed by atoms with E-state index in [4.69, 9.17) is 30.8 Å². The van der Waals surface area contributed by atoms with Crippen LogP contribution in [0.4, 0.5) is 13.2 Å². The first-order valence-corrected chi connectivity index (χ1v) is 17.9. The number of ether oxygens (including phenoxy) is 3. The fourth-order valence-corrected chi connectivity index (χ4v) is 7.10. The van der Waals surface area contributed by atoms with Crippen molar-refractivity contribution >= 4 is 17.5 Å². The van der Waals surface area contributed by atoms with Gasteiger partial charge in [0.2, 0.25) is 23.5 Å². The summed E-state index contributed by atoms with van der Waals surface area (Å²) < 4.78 is 60.3. The fraction of sp³-hybridized carbons (Fsp3) is 0.421. The SMILES string of the molecule is COc1nc(-c2ccnc(-c3cccc4c3CCC[C@H]4Oc3nc(OC)c(CNC[C@@H](C)O)cc3C(F)(F)F)c2Cl)ccc1CNC[C@H]1CCC(=O)N1. The van der Waals surface area contributed by atoms with Crippen molar-refractivity contribution in [2.45, 2.75) is 76.5 Å². The maximum absolute atomic E-state index is 14.4. The number of amides is 1. The summed E-state index contributed by atoms with van der Waals surface area (Å²) in [7, 11) is 2.89. The summed E-state index contributed by atoms with van der Waals surface area (Å²) in [5.74, 6) is -0.0718. The van der Waals surface area contributed by atoms with Gasteiger partial charge in [-0.15, -0.1) is 0 Å². The average molecular weight is 755 g/mol. The largest absolute Gasteiger partial charge is 0.481 e. The molecule has 0 unspecified atom stereocenters. The van der Waals surface area contributed by atoms with Crippen LogP contribution in [0, 0.1) is 0 Å². The van der Waals surface area contributed by atoms with E-state index in [9.17, 15) is 23.1 Å². The van der Waals surface area contributed by atoms with Crippen molar-refractivity contribution in [1.82, 2.24) is 30.9 Å². The third-order valence-electron chi connectivity index (χ3n) is 9.33. The number of nitrogens with zero attached hydrogens (tertiary/aromatic N) is 3. The molecule has 0 saturated carbocycles. The summed E-state index contributed by atoms with van der Waals surface area (Å²) in [5, 5.41) is 19.2. The van der Waals surface area contributed by atoms with E-state index < -0.39 is 29.8 Å². The lowest BCUT2D eigenvalue weighted by atomic mass is 9.85. The van der Waals surface area contributed by atoms with E-state index in [0.29, 0.717) is 66.6 Å². The van der Waals surface area contributed by atoms with Crippen LogP contribution < -0.4 is 30.2 Å². The first kappa shape index (κ1) is 38.2. The molecule has 3 atom stereocenters. The Morgan fingerprint density at radius 1 is 0.981 bits per heavy atom. The number of fused-ring (bicyclic) bond motifs is 1. The number of nitrogens with one attached hydrogen (secondary N) is 3. The van der Waals surface area contributed by atoms with Gasteiger partial charge in [0.1, 0.15) is 11.7 Å². The minimum absolute atomic E-state index is 0.00252. The maximum atomic E-state index is 14.4. The molecule has 282 valence electrons. The van der Waals surface area contributed by atoms with E-state index in [0.717, 1.165) is 34.7 Å². The van der Waals surface area contributed by atoms with Crippen LogP contribution in [0.5, 0.6) is 17.6 Å². The maximum Gasteiger partial charge on any atom is 0.421 e. The van der Waals surface area contributed by atoms with Crippen LogP contribution >= 0.6 is 11.6 Å². The Morgan fingerprint density at radius 3 is 2.47 bits per heavy atom. The normalized spacial score (nSPS) is 17.6. The number of alkyl halides is 3. The quantitative estimate of drug-likeness (QED) is 0.118. The molecule has 1 amide bonds. The molecule has 4 aromatic rings. The van der Waals surface area contributed by atoms with Crippen molar-refractivity contribution in [2.75, 3.05) is 27.3 Å². The molecule has 1 saturated heterocycles. The Hall–Kier alpha value is -4.50. The van der Waals surface area contributed by atoms with Gasteiger partial charge in [-0.05, 0) is 61.9 Å². The molecule has 4 heterocycles. The molecule has 6 rings (SSSR count). The number of hydrogen-bond acceptors (Lipinski definition) is 10. The van der Waals surface area contributed by atoms with Crippen LogP contribution in [-0.4, -0.2) is 65.4 Å². The summed E-state index contributed by atoms with van der Waals surface area (Å²) in [6.45, 7) is 2.90. The van der Waals surface area contributed by atoms with Crippen molar-refractivity contribution in [3.63, 3.8) is 0 Å². The Bertz CT molecular complexity index is 1950. The van der Waals surface area contributed by atoms with Crippen LogP contribution in [0.1, 0.15) is 66.5 Å². The molecule has 15 heteroatoms. The number of methoxy groups -OCH3 is 2. The van der Waals surface area contributed by atoms with Gasteiger partial charge in [0, 0.05) is 67.1 Å². The predicted octanol–water partition coefficient (Wildman–Crippen LogP) is 6.19. The van der Waals surface area contributed by atoms with Crippen molar-refractivity contribution in [1.29, 1.82) is 0 Å². The van der Waals surface area contributed by atoms with Crippen LogP contribution in [-0.2, 0) is 30.5 Å². The first-order chi connectivity index (χ1) is 25.5. The number of halogens is 4. The molecule has 4 N–H and O–H groups in total. The highest BCUT2D eigenvalue weighted by Crippen LogP contribution is 2.44. The number of carbonyl (C=O) groups excluding carboxylic acids is 1. The lowest BCUT2D eigenvalue weighted by molar-refractivity contribution is -0.139. The van der Waals surface area contributed by atoms with Crippen LogP contribution in [0.2, 0.25) is 5.02 Å². The molecule has 1 aliphatic heterocycles. The highest BCUT2D eigenvalue weighted by molar-refractivity contribution is 6.35. The minimum atomic E-state index is -4.75. The van der Waals surface area contributed by atoms with Gasteiger partial charge in [0.15, 0.2) is 0 Å². The summed E-state index contributed by atoms with van der Waals surface area (Å²) in [6.07, 6.45) is -1.41. The second kappa shape index (κ2) is 16.7. The van der Waals surface area contributed by atoms with E-state index in [1.165, 1.54) is 7.11 Å². The highest BCUT2D eigenvalue weighted by Gasteiger charge is 2.38. The van der Waals surface area contributed by atoms with Gasteiger partial charge < -0.3 is 35.3 Å². The number of pyridine rings is 3. The van der Waals surface area contributed by atoms with Crippen molar-refractivity contribution in [2.24, 2.45) is 0 Å². The first-order valence-electron chi connectivity index (χ1n) is 17.5. The van der Waals surface area contributed by atoms with E-state index >= 15 is 0 Å². The lowest BCUT2D eigenvalue weighted by Gasteiger charge is -2.29. The average Bonchev–Trinajstić information content (AvgIpc) is 3.56. The fourth-order valence-electron chi connectivity index (χ4n) is 6.79. The summed E-state index contributed by atoms with van der Waals surface area (Å²) in [4.78, 5) is 25.1. The number of aliphatic hydroxyl groups is 1. The zero-order valence-electron chi connectivity index (χ0n) is 29.6. The number of aliphatic hydroxyl groups excluding tert-OH is 1. The van der Waals surface area contributed by atoms with E-state index in [1.54, 1.807) is 26.3 Å². The molecule has 0 spiro atoms. The summed E-state index contributed by atoms with van der Waals surface area (Å²) >= 11 is 7.07. The molecule has 0 radical (unpaired) electrons. The van der Waals surface area contributed by atoms with E-state index in [2.05, 4.69) is 25.9 Å². The molecule has 11 nitrogen and oxygen atoms in total. The van der Waals surface area contributed by atoms with Crippen LogP contribution in [0.3, 0.4) is 0 Å². The number of carbonyl (C=O) groups is 1. The van der Waals surface area contributed by atoms with Crippen LogP contribution in [0.15, 0.2) is 48.7 Å². The summed E-state index contributed by atoms with van der Waals surface area (Å²) in [6, 6.07) is 12.2. The molecule has 53 heavy (non-hydrogen) atoms. The molecule has 1 aromatic carbocycles. The van der Waals surface area contributed by atoms with Crippen molar-refractivity contribution in [3.05, 3.63) is 81.5 Å². The van der Waals surface area contributed by atoms with Gasteiger partial charge in [-0.3, -0.25) is 9.78 Å². The number of rotatable bonds is 14. The Kier molecular flexibility index (Phi) is 12.0. The molecule has 3 aromatic heterocycles. The lowest BCUT2D eigenvalue weighted by Crippen LogP contribution is -2.35. The molecular formula is C38H42ClF3N6O5. The highest BCUT2D eigenvalue weighted by atomic mass is 35.5. The topological polar surface area (TPSA) is 140 Å². The Morgan fingerprint density at radius 2 is 1.75 bits per heavy atom. The predicted molar refractivity (Wildman–Crippen MR) is 193 cm³/mol. The van der Waals surface area contributed by atoms with Gasteiger partial charge in [-0.2, -0.15) is 18.2 Å². The van der Waals surface area contributed by atoms with Gasteiger partial charge >= 0.3 is 6.18 Å². The standard InChI is InChI=1S/C38H42ClF3N6O5/c1-21(49)17-43-19-23-16-29(38(40,41)42)37(48-36(23)52-3)53-31-9-5-6-25-26(31)7-4-8-27(25)34-33(39)28(14-15-45-34)30-12-10-22(35(47-30)51-2)18-44-20-24-11-13-32(50)46-24/h4,7-8,10,12,14-16,21,24,31,43-44,49H,5-6,9,11,13,17-20H2,1-3H3,(H,46,50)/t21-,24-,31-/m1/s1. The minimum Gasteiger partial charge on any atom is -0.481 e. The molecule has 1 aliphatic carbocycles. The Labute approximate surface area is 310 Å². The molecular weight excluding hydrogens is 713 g/mol. The molecule has 0 bridgehead atoms. The second-order valence-electron chi connectivity index (χ2n) is 13.2. The van der Waals surface area contributed by atoms with Crippen LogP contribution in [0.25, 0.3) is 22.5 Å². The smallest absolute Gasteiger partial charge is 0.421 e. The van der Waals surface area contributed by atoms with Gasteiger partial charge in [0.05, 0.1) is 36.7 Å². The van der Waals surface area contributed by atoms with Gasteiger partial charge in [-0.1, -0.05) is 35.9 Å². The van der Waals surface area contributed by atoms with Crippen molar-refractivity contribution < 1.29 is 37.3 Å². The van der Waals surface area contributed by atoms with Crippen molar-refractivity contribution in [3.8, 4) is 40.2 Å². The monoisotopic (exact) mass is 754 g/mol. The third kappa shape index (κ3) is 8.84. The van der Waals surface area contributed by atoms with E-state index in [-0.39, 0.29) is 36.5 Å². The van der Waals surface area contributed by atoms with E-state index in [1.807, 2.05) is 30.3 Å². The number of hydrogen-bond donors (Lipinski definition) is 4. The number of benzene rings is 1. The number of aromatic nitrogens is 3. The Balaban J connectivity index is 1.27.